The summed E-state index contributed by atoms with van der Waals surface area (Å²) >= 11 is 11.5. The Labute approximate surface area is 92.9 Å². The van der Waals surface area contributed by atoms with Crippen molar-refractivity contribution in [3.8, 4) is 5.88 Å². The molecule has 0 bridgehead atoms. The molecule has 14 heavy (non-hydrogen) atoms. The number of pyridine rings is 1. The van der Waals surface area contributed by atoms with Gasteiger partial charge in [-0.3, -0.25) is 0 Å². The molecule has 0 saturated carbocycles. The molecule has 5 heteroatoms. The Kier molecular flexibility index (Phi) is 5.01. The standard InChI is InChI=1S/C9H11Cl2NO2/c1-2-13-5-6-14-9-7(10)3-4-8(11)12-9/h3-4H,2,5-6H2,1H3. The van der Waals surface area contributed by atoms with Crippen molar-refractivity contribution in [3.05, 3.63) is 22.3 Å². The monoisotopic (exact) mass is 235 g/mol. The molecule has 3 nitrogen and oxygen atoms in total. The zero-order valence-corrected chi connectivity index (χ0v) is 9.31. The van der Waals surface area contributed by atoms with Crippen LogP contribution in [0.4, 0.5) is 0 Å². The summed E-state index contributed by atoms with van der Waals surface area (Å²) in [6.07, 6.45) is 0. The van der Waals surface area contributed by atoms with Crippen molar-refractivity contribution >= 4 is 23.2 Å². The topological polar surface area (TPSA) is 31.4 Å². The maximum absolute atomic E-state index is 5.82. The Morgan fingerprint density at radius 3 is 2.79 bits per heavy atom. The minimum Gasteiger partial charge on any atom is -0.474 e. The summed E-state index contributed by atoms with van der Waals surface area (Å²) in [6.45, 7) is 3.52. The molecule has 0 unspecified atom stereocenters. The number of aromatic nitrogens is 1. The van der Waals surface area contributed by atoms with Gasteiger partial charge in [-0.1, -0.05) is 23.2 Å². The lowest BCUT2D eigenvalue weighted by Gasteiger charge is -2.06. The molecule has 1 aromatic heterocycles. The first-order valence-corrected chi connectivity index (χ1v) is 5.02. The second kappa shape index (κ2) is 6.06. The highest BCUT2D eigenvalue weighted by Gasteiger charge is 2.03. The molecule has 0 saturated heterocycles. The van der Waals surface area contributed by atoms with Crippen LogP contribution in [0.25, 0.3) is 0 Å². The van der Waals surface area contributed by atoms with E-state index in [9.17, 15) is 0 Å². The van der Waals surface area contributed by atoms with Gasteiger partial charge in [-0.25, -0.2) is 4.98 Å². The number of ether oxygens (including phenoxy) is 2. The van der Waals surface area contributed by atoms with Crippen molar-refractivity contribution in [1.29, 1.82) is 0 Å². The van der Waals surface area contributed by atoms with E-state index in [1.807, 2.05) is 6.92 Å². The van der Waals surface area contributed by atoms with E-state index in [0.717, 1.165) is 0 Å². The van der Waals surface area contributed by atoms with Crippen LogP contribution in [0.1, 0.15) is 6.92 Å². The highest BCUT2D eigenvalue weighted by Crippen LogP contribution is 2.23. The van der Waals surface area contributed by atoms with Crippen LogP contribution in [-0.2, 0) is 4.74 Å². The van der Waals surface area contributed by atoms with Gasteiger partial charge in [0.25, 0.3) is 0 Å². The zero-order valence-electron chi connectivity index (χ0n) is 7.80. The summed E-state index contributed by atoms with van der Waals surface area (Å²) < 4.78 is 10.4. The smallest absolute Gasteiger partial charge is 0.234 e. The maximum Gasteiger partial charge on any atom is 0.234 e. The molecule has 1 aromatic rings. The van der Waals surface area contributed by atoms with Gasteiger partial charge >= 0.3 is 0 Å². The second-order valence-corrected chi connectivity index (χ2v) is 3.26. The fourth-order valence-corrected chi connectivity index (χ4v) is 1.14. The highest BCUT2D eigenvalue weighted by molar-refractivity contribution is 6.33. The van der Waals surface area contributed by atoms with Crippen molar-refractivity contribution in [3.63, 3.8) is 0 Å². The molecule has 0 fully saturated rings. The molecule has 0 aliphatic heterocycles. The van der Waals surface area contributed by atoms with Crippen molar-refractivity contribution in [2.45, 2.75) is 6.92 Å². The Morgan fingerprint density at radius 2 is 2.07 bits per heavy atom. The highest BCUT2D eigenvalue weighted by atomic mass is 35.5. The van der Waals surface area contributed by atoms with Crippen LogP contribution in [0.15, 0.2) is 12.1 Å². The summed E-state index contributed by atoms with van der Waals surface area (Å²) in [6, 6.07) is 3.26. The van der Waals surface area contributed by atoms with Crippen molar-refractivity contribution in [1.82, 2.24) is 4.98 Å². The Morgan fingerprint density at radius 1 is 1.29 bits per heavy atom. The van der Waals surface area contributed by atoms with Gasteiger partial charge in [0.1, 0.15) is 16.8 Å². The van der Waals surface area contributed by atoms with Crippen LogP contribution in [0.2, 0.25) is 10.2 Å². The van der Waals surface area contributed by atoms with Gasteiger partial charge in [0, 0.05) is 6.61 Å². The molecule has 78 valence electrons. The molecule has 1 rings (SSSR count). The first-order valence-electron chi connectivity index (χ1n) is 4.26. The average Bonchev–Trinajstić information content (AvgIpc) is 2.18. The fourth-order valence-electron chi connectivity index (χ4n) is 0.844. The largest absolute Gasteiger partial charge is 0.474 e. The number of nitrogens with zero attached hydrogens (tertiary/aromatic N) is 1. The summed E-state index contributed by atoms with van der Waals surface area (Å²) in [5, 5.41) is 0.812. The summed E-state index contributed by atoms with van der Waals surface area (Å²) in [5.74, 6) is 0.346. The van der Waals surface area contributed by atoms with E-state index in [-0.39, 0.29) is 0 Å². The Balaban J connectivity index is 2.45. The first-order chi connectivity index (χ1) is 6.74. The molecule has 0 spiro atoms. The normalized spacial score (nSPS) is 10.2. The molecule has 0 aromatic carbocycles. The van der Waals surface area contributed by atoms with Crippen LogP contribution in [0.3, 0.4) is 0 Å². The molecule has 0 N–H and O–H groups in total. The molecule has 0 amide bonds. The summed E-state index contributed by atoms with van der Waals surface area (Å²) in [7, 11) is 0. The van der Waals surface area contributed by atoms with Crippen LogP contribution >= 0.6 is 23.2 Å². The molecular formula is C9H11Cl2NO2. The third-order valence-electron chi connectivity index (χ3n) is 1.45. The fraction of sp³-hybridized carbons (Fsp3) is 0.444. The van der Waals surface area contributed by atoms with Crippen molar-refractivity contribution in [2.75, 3.05) is 19.8 Å². The van der Waals surface area contributed by atoms with E-state index in [1.54, 1.807) is 12.1 Å². The van der Waals surface area contributed by atoms with Crippen molar-refractivity contribution in [2.24, 2.45) is 0 Å². The van der Waals surface area contributed by atoms with Gasteiger partial charge in [0.15, 0.2) is 0 Å². The summed E-state index contributed by atoms with van der Waals surface area (Å²) in [5.41, 5.74) is 0. The maximum atomic E-state index is 5.82. The van der Waals surface area contributed by atoms with Gasteiger partial charge in [-0.05, 0) is 19.1 Å². The minimum atomic E-state index is 0.346. The minimum absolute atomic E-state index is 0.346. The van der Waals surface area contributed by atoms with Gasteiger partial charge < -0.3 is 9.47 Å². The Hall–Kier alpha value is -0.510. The number of rotatable bonds is 5. The van der Waals surface area contributed by atoms with E-state index >= 15 is 0 Å². The third kappa shape index (κ3) is 3.70. The third-order valence-corrected chi connectivity index (χ3v) is 1.95. The van der Waals surface area contributed by atoms with Gasteiger partial charge in [-0.2, -0.15) is 0 Å². The predicted molar refractivity (Wildman–Crippen MR) is 56.2 cm³/mol. The molecule has 0 aliphatic rings. The van der Waals surface area contributed by atoms with E-state index in [0.29, 0.717) is 35.9 Å². The van der Waals surface area contributed by atoms with Gasteiger partial charge in [-0.15, -0.1) is 0 Å². The Bertz CT molecular complexity index is 294. The van der Waals surface area contributed by atoms with Crippen LogP contribution < -0.4 is 4.74 Å². The lowest BCUT2D eigenvalue weighted by atomic mass is 10.5. The quantitative estimate of drug-likeness (QED) is 0.581. The molecule has 0 radical (unpaired) electrons. The van der Waals surface area contributed by atoms with Gasteiger partial charge in [0.2, 0.25) is 5.88 Å². The number of hydrogen-bond acceptors (Lipinski definition) is 3. The zero-order chi connectivity index (χ0) is 10.4. The summed E-state index contributed by atoms with van der Waals surface area (Å²) in [4.78, 5) is 3.93. The van der Waals surface area contributed by atoms with Crippen LogP contribution in [0, 0.1) is 0 Å². The lowest BCUT2D eigenvalue weighted by molar-refractivity contribution is 0.108. The number of halogens is 2. The lowest BCUT2D eigenvalue weighted by Crippen LogP contribution is -2.07. The van der Waals surface area contributed by atoms with Crippen molar-refractivity contribution < 1.29 is 9.47 Å². The average molecular weight is 236 g/mol. The number of hydrogen-bond donors (Lipinski definition) is 0. The van der Waals surface area contributed by atoms with E-state index in [1.165, 1.54) is 0 Å². The van der Waals surface area contributed by atoms with E-state index < -0.39 is 0 Å². The van der Waals surface area contributed by atoms with Gasteiger partial charge in [0.05, 0.1) is 6.61 Å². The van der Waals surface area contributed by atoms with E-state index in [4.69, 9.17) is 32.7 Å². The molecule has 0 atom stereocenters. The molecule has 0 aliphatic carbocycles. The predicted octanol–water partition coefficient (Wildman–Crippen LogP) is 2.80. The van der Waals surface area contributed by atoms with Crippen LogP contribution in [0.5, 0.6) is 5.88 Å². The molecule has 1 heterocycles. The molecular weight excluding hydrogens is 225 g/mol. The van der Waals surface area contributed by atoms with E-state index in [2.05, 4.69) is 4.98 Å². The second-order valence-electron chi connectivity index (χ2n) is 2.47. The first kappa shape index (κ1) is 11.6. The van der Waals surface area contributed by atoms with Crippen LogP contribution in [-0.4, -0.2) is 24.8 Å². The SMILES string of the molecule is CCOCCOc1nc(Cl)ccc1Cl.